The Hall–Kier alpha value is -1.06. The van der Waals surface area contributed by atoms with Gasteiger partial charge in [0.15, 0.2) is 0 Å². The Balaban J connectivity index is 1.80. The van der Waals surface area contributed by atoms with E-state index < -0.39 is 0 Å². The van der Waals surface area contributed by atoms with Crippen molar-refractivity contribution >= 4 is 0 Å². The van der Waals surface area contributed by atoms with Gasteiger partial charge >= 0.3 is 0 Å². The molecule has 1 aliphatic heterocycles. The van der Waals surface area contributed by atoms with Gasteiger partial charge < -0.3 is 15.4 Å². The Kier molecular flexibility index (Phi) is 5.02. The topological polar surface area (TPSA) is 38.5 Å². The molecular formula is C15H24N2O. The van der Waals surface area contributed by atoms with Gasteiger partial charge in [0.2, 0.25) is 0 Å². The van der Waals surface area contributed by atoms with Crippen molar-refractivity contribution < 1.29 is 4.74 Å². The molecule has 3 heteroatoms. The van der Waals surface area contributed by atoms with Crippen LogP contribution in [0.15, 0.2) is 24.3 Å². The minimum Gasteiger partial charge on any atom is -0.490 e. The monoisotopic (exact) mass is 248 g/mol. The first-order valence-electron chi connectivity index (χ1n) is 6.96. The molecule has 1 fully saturated rings. The van der Waals surface area contributed by atoms with Crippen LogP contribution in [0.1, 0.15) is 31.7 Å². The molecule has 0 bridgehead atoms. The zero-order valence-electron chi connectivity index (χ0n) is 11.3. The quantitative estimate of drug-likeness (QED) is 0.840. The van der Waals surface area contributed by atoms with Gasteiger partial charge in [-0.1, -0.05) is 18.2 Å². The van der Waals surface area contributed by atoms with Gasteiger partial charge in [0.1, 0.15) is 5.75 Å². The second kappa shape index (κ2) is 6.76. The van der Waals surface area contributed by atoms with Crippen LogP contribution in [0.25, 0.3) is 0 Å². The lowest BCUT2D eigenvalue weighted by Crippen LogP contribution is -2.25. The molecule has 18 heavy (non-hydrogen) atoms. The molecule has 2 rings (SSSR count). The van der Waals surface area contributed by atoms with Crippen LogP contribution in [-0.4, -0.2) is 30.6 Å². The minimum atomic E-state index is 0.248. The van der Waals surface area contributed by atoms with E-state index in [0.29, 0.717) is 6.54 Å². The third kappa shape index (κ3) is 3.72. The first-order valence-corrected chi connectivity index (χ1v) is 6.96. The number of rotatable bonds is 6. The van der Waals surface area contributed by atoms with Crippen molar-refractivity contribution in [1.29, 1.82) is 0 Å². The predicted octanol–water partition coefficient (Wildman–Crippen LogP) is 2.40. The van der Waals surface area contributed by atoms with Gasteiger partial charge in [-0.15, -0.1) is 0 Å². The summed E-state index contributed by atoms with van der Waals surface area (Å²) in [5, 5.41) is 0. The van der Waals surface area contributed by atoms with Crippen molar-refractivity contribution in [1.82, 2.24) is 4.90 Å². The van der Waals surface area contributed by atoms with Crippen LogP contribution in [0.4, 0.5) is 0 Å². The Bertz CT molecular complexity index is 361. The zero-order chi connectivity index (χ0) is 12.8. The lowest BCUT2D eigenvalue weighted by atomic mass is 10.2. The number of para-hydroxylation sites is 1. The van der Waals surface area contributed by atoms with Crippen LogP contribution in [0.2, 0.25) is 0 Å². The molecule has 0 spiro atoms. The highest BCUT2D eigenvalue weighted by Gasteiger charge is 2.13. The summed E-state index contributed by atoms with van der Waals surface area (Å²) >= 11 is 0. The van der Waals surface area contributed by atoms with E-state index in [0.717, 1.165) is 24.3 Å². The lowest BCUT2D eigenvalue weighted by Gasteiger charge is -2.20. The van der Waals surface area contributed by atoms with E-state index in [1.807, 2.05) is 24.3 Å². The molecular weight excluding hydrogens is 224 g/mol. The van der Waals surface area contributed by atoms with Crippen molar-refractivity contribution in [2.75, 3.05) is 19.6 Å². The third-order valence-electron chi connectivity index (χ3n) is 3.57. The van der Waals surface area contributed by atoms with Crippen LogP contribution in [0.5, 0.6) is 5.75 Å². The Morgan fingerprint density at radius 1 is 1.28 bits per heavy atom. The normalized spacial score (nSPS) is 17.9. The second-order valence-electron chi connectivity index (χ2n) is 5.08. The molecule has 0 aromatic heterocycles. The second-order valence-corrected chi connectivity index (χ2v) is 5.08. The highest BCUT2D eigenvalue weighted by Crippen LogP contribution is 2.19. The number of hydrogen-bond donors (Lipinski definition) is 1. The van der Waals surface area contributed by atoms with E-state index in [1.54, 1.807) is 0 Å². The average molecular weight is 248 g/mol. The van der Waals surface area contributed by atoms with Crippen molar-refractivity contribution in [3.05, 3.63) is 29.8 Å². The summed E-state index contributed by atoms with van der Waals surface area (Å²) in [5.41, 5.74) is 6.80. The summed E-state index contributed by atoms with van der Waals surface area (Å²) in [6.07, 6.45) is 4.04. The molecule has 1 heterocycles. The molecule has 0 radical (unpaired) electrons. The van der Waals surface area contributed by atoms with Gasteiger partial charge in [0.05, 0.1) is 6.10 Å². The van der Waals surface area contributed by atoms with E-state index in [1.165, 1.54) is 25.9 Å². The number of benzene rings is 1. The van der Waals surface area contributed by atoms with Crippen molar-refractivity contribution in [3.63, 3.8) is 0 Å². The fourth-order valence-corrected chi connectivity index (χ4v) is 2.43. The molecule has 1 unspecified atom stereocenters. The number of nitrogens with zero attached hydrogens (tertiary/aromatic N) is 1. The van der Waals surface area contributed by atoms with Gasteiger partial charge in [0, 0.05) is 18.7 Å². The van der Waals surface area contributed by atoms with E-state index in [-0.39, 0.29) is 6.10 Å². The van der Waals surface area contributed by atoms with Gasteiger partial charge in [0.25, 0.3) is 0 Å². The molecule has 0 saturated carbocycles. The van der Waals surface area contributed by atoms with Crippen LogP contribution >= 0.6 is 0 Å². The molecule has 100 valence electrons. The Labute approximate surface area is 110 Å². The first kappa shape index (κ1) is 13.4. The maximum atomic E-state index is 5.99. The van der Waals surface area contributed by atoms with Crippen LogP contribution < -0.4 is 10.5 Å². The molecule has 0 amide bonds. The fourth-order valence-electron chi connectivity index (χ4n) is 2.43. The van der Waals surface area contributed by atoms with E-state index in [9.17, 15) is 0 Å². The summed E-state index contributed by atoms with van der Waals surface area (Å²) in [6.45, 7) is 6.34. The average Bonchev–Trinajstić information content (AvgIpc) is 2.90. The smallest absolute Gasteiger partial charge is 0.124 e. The third-order valence-corrected chi connectivity index (χ3v) is 3.57. The number of likely N-dealkylation sites (tertiary alicyclic amines) is 1. The maximum absolute atomic E-state index is 5.99. The van der Waals surface area contributed by atoms with E-state index >= 15 is 0 Å². The largest absolute Gasteiger partial charge is 0.490 e. The number of nitrogens with two attached hydrogens (primary N) is 1. The highest BCUT2D eigenvalue weighted by atomic mass is 16.5. The van der Waals surface area contributed by atoms with Crippen molar-refractivity contribution in [3.8, 4) is 5.75 Å². The summed E-state index contributed by atoms with van der Waals surface area (Å²) in [6, 6.07) is 8.04. The maximum Gasteiger partial charge on any atom is 0.124 e. The van der Waals surface area contributed by atoms with Gasteiger partial charge in [-0.3, -0.25) is 0 Å². The van der Waals surface area contributed by atoms with Gasteiger partial charge in [-0.2, -0.15) is 0 Å². The summed E-state index contributed by atoms with van der Waals surface area (Å²) in [7, 11) is 0. The van der Waals surface area contributed by atoms with E-state index in [4.69, 9.17) is 10.5 Å². The van der Waals surface area contributed by atoms with Gasteiger partial charge in [-0.05, 0) is 45.3 Å². The SMILES string of the molecule is CC(CCN1CCCC1)Oc1ccccc1CN. The number of hydrogen-bond acceptors (Lipinski definition) is 3. The molecule has 1 saturated heterocycles. The van der Waals surface area contributed by atoms with Crippen molar-refractivity contribution in [2.45, 2.75) is 38.8 Å². The van der Waals surface area contributed by atoms with Gasteiger partial charge in [-0.25, -0.2) is 0 Å². The standard InChI is InChI=1S/C15H24N2O/c1-13(8-11-17-9-4-5-10-17)18-15-7-3-2-6-14(15)12-16/h2-3,6-7,13H,4-5,8-12,16H2,1H3. The summed E-state index contributed by atoms with van der Waals surface area (Å²) in [4.78, 5) is 2.52. The number of ether oxygens (including phenoxy) is 1. The highest BCUT2D eigenvalue weighted by molar-refractivity contribution is 5.33. The fraction of sp³-hybridized carbons (Fsp3) is 0.600. The van der Waals surface area contributed by atoms with E-state index in [2.05, 4.69) is 11.8 Å². The lowest BCUT2D eigenvalue weighted by molar-refractivity contribution is 0.185. The molecule has 2 N–H and O–H groups in total. The molecule has 1 aromatic carbocycles. The van der Waals surface area contributed by atoms with Crippen LogP contribution in [0, 0.1) is 0 Å². The minimum absolute atomic E-state index is 0.248. The first-order chi connectivity index (χ1) is 8.79. The predicted molar refractivity (Wildman–Crippen MR) is 74.7 cm³/mol. The Morgan fingerprint density at radius 2 is 2.00 bits per heavy atom. The molecule has 1 atom stereocenters. The zero-order valence-corrected chi connectivity index (χ0v) is 11.3. The molecule has 3 nitrogen and oxygen atoms in total. The van der Waals surface area contributed by atoms with Crippen LogP contribution in [-0.2, 0) is 6.54 Å². The summed E-state index contributed by atoms with van der Waals surface area (Å²) < 4.78 is 5.99. The summed E-state index contributed by atoms with van der Waals surface area (Å²) in [5.74, 6) is 0.939. The molecule has 1 aromatic rings. The van der Waals surface area contributed by atoms with Crippen LogP contribution in [0.3, 0.4) is 0 Å². The molecule has 1 aliphatic rings. The Morgan fingerprint density at radius 3 is 2.72 bits per heavy atom. The molecule has 0 aliphatic carbocycles. The van der Waals surface area contributed by atoms with Crippen molar-refractivity contribution in [2.24, 2.45) is 5.73 Å².